The van der Waals surface area contributed by atoms with Crippen LogP contribution in [0.15, 0.2) is 48.5 Å². The number of hydrogen-bond acceptors (Lipinski definition) is 4. The lowest BCUT2D eigenvalue weighted by Crippen LogP contribution is -2.09. The number of nitro groups is 1. The third-order valence-corrected chi connectivity index (χ3v) is 3.27. The van der Waals surface area contributed by atoms with E-state index in [4.69, 9.17) is 4.74 Å². The lowest BCUT2D eigenvalue weighted by atomic mass is 10.1. The van der Waals surface area contributed by atoms with E-state index in [0.29, 0.717) is 6.61 Å². The number of hydrogen-bond donors (Lipinski definition) is 1. The van der Waals surface area contributed by atoms with Crippen molar-refractivity contribution in [2.24, 2.45) is 0 Å². The average molecular weight is 286 g/mol. The van der Waals surface area contributed by atoms with Crippen molar-refractivity contribution < 1.29 is 9.66 Å². The van der Waals surface area contributed by atoms with E-state index < -0.39 is 0 Å². The molecule has 1 N–H and O–H groups in total. The molecule has 0 aromatic heterocycles. The molecule has 110 valence electrons. The van der Waals surface area contributed by atoms with E-state index in [1.807, 2.05) is 37.3 Å². The highest BCUT2D eigenvalue weighted by atomic mass is 16.6. The standard InChI is InChI=1S/C16H18N2O3/c1-12(13-7-5-8-15(10-13)18(19)20)17-16-9-4-3-6-14(16)11-21-2/h3-10,12,17H,11H2,1-2H3. The van der Waals surface area contributed by atoms with Crippen molar-refractivity contribution in [3.8, 4) is 0 Å². The summed E-state index contributed by atoms with van der Waals surface area (Å²) < 4.78 is 5.18. The van der Waals surface area contributed by atoms with Crippen molar-refractivity contribution in [3.63, 3.8) is 0 Å². The number of anilines is 1. The Labute approximate surface area is 123 Å². The average Bonchev–Trinajstić information content (AvgIpc) is 2.49. The summed E-state index contributed by atoms with van der Waals surface area (Å²) in [6.45, 7) is 2.49. The van der Waals surface area contributed by atoms with E-state index in [0.717, 1.165) is 16.8 Å². The monoisotopic (exact) mass is 286 g/mol. The summed E-state index contributed by atoms with van der Waals surface area (Å²) in [7, 11) is 1.65. The van der Waals surface area contributed by atoms with Gasteiger partial charge in [-0.1, -0.05) is 30.3 Å². The second kappa shape index (κ2) is 6.85. The van der Waals surface area contributed by atoms with E-state index in [-0.39, 0.29) is 16.7 Å². The number of para-hydroxylation sites is 1. The van der Waals surface area contributed by atoms with Gasteiger partial charge in [0.05, 0.1) is 11.5 Å². The molecule has 5 nitrogen and oxygen atoms in total. The quantitative estimate of drug-likeness (QED) is 0.646. The maximum absolute atomic E-state index is 10.8. The third-order valence-electron chi connectivity index (χ3n) is 3.27. The zero-order valence-electron chi connectivity index (χ0n) is 12.1. The van der Waals surface area contributed by atoms with Gasteiger partial charge in [0, 0.05) is 36.5 Å². The van der Waals surface area contributed by atoms with E-state index in [1.54, 1.807) is 19.2 Å². The van der Waals surface area contributed by atoms with Gasteiger partial charge < -0.3 is 10.1 Å². The minimum Gasteiger partial charge on any atom is -0.380 e. The molecule has 21 heavy (non-hydrogen) atoms. The Morgan fingerprint density at radius 2 is 2.00 bits per heavy atom. The number of benzene rings is 2. The van der Waals surface area contributed by atoms with Crippen molar-refractivity contribution in [2.45, 2.75) is 19.6 Å². The summed E-state index contributed by atoms with van der Waals surface area (Å²) in [5.41, 5.74) is 3.00. The molecular formula is C16H18N2O3. The highest BCUT2D eigenvalue weighted by Gasteiger charge is 2.12. The SMILES string of the molecule is COCc1ccccc1NC(C)c1cccc([N+](=O)[O-])c1. The van der Waals surface area contributed by atoms with E-state index in [9.17, 15) is 10.1 Å². The molecular weight excluding hydrogens is 268 g/mol. The zero-order chi connectivity index (χ0) is 15.2. The molecule has 1 unspecified atom stereocenters. The van der Waals surface area contributed by atoms with E-state index >= 15 is 0 Å². The molecule has 0 aliphatic carbocycles. The molecule has 2 aromatic carbocycles. The fourth-order valence-corrected chi connectivity index (χ4v) is 2.17. The molecule has 0 aliphatic rings. The minimum absolute atomic E-state index is 0.0390. The first kappa shape index (κ1) is 15.0. The largest absolute Gasteiger partial charge is 0.380 e. The Bertz CT molecular complexity index is 628. The van der Waals surface area contributed by atoms with Gasteiger partial charge in [-0.25, -0.2) is 0 Å². The summed E-state index contributed by atoms with van der Waals surface area (Å²) in [4.78, 5) is 10.5. The summed E-state index contributed by atoms with van der Waals surface area (Å²) >= 11 is 0. The summed E-state index contributed by atoms with van der Waals surface area (Å²) in [5, 5.41) is 14.2. The second-order valence-electron chi connectivity index (χ2n) is 4.81. The second-order valence-corrected chi connectivity index (χ2v) is 4.81. The predicted molar refractivity (Wildman–Crippen MR) is 82.3 cm³/mol. The summed E-state index contributed by atoms with van der Waals surface area (Å²) in [6.07, 6.45) is 0. The Hall–Kier alpha value is -2.40. The number of non-ortho nitro benzene ring substituents is 1. The molecule has 0 amide bonds. The van der Waals surface area contributed by atoms with Crippen LogP contribution in [-0.2, 0) is 11.3 Å². The number of nitro benzene ring substituents is 1. The van der Waals surface area contributed by atoms with Gasteiger partial charge >= 0.3 is 0 Å². The molecule has 0 saturated carbocycles. The molecule has 0 spiro atoms. The number of nitrogens with one attached hydrogen (secondary N) is 1. The highest BCUT2D eigenvalue weighted by molar-refractivity contribution is 5.52. The predicted octanol–water partition coefficient (Wildman–Crippen LogP) is 3.91. The topological polar surface area (TPSA) is 64.4 Å². The highest BCUT2D eigenvalue weighted by Crippen LogP contribution is 2.25. The van der Waals surface area contributed by atoms with E-state index in [2.05, 4.69) is 5.32 Å². The lowest BCUT2D eigenvalue weighted by Gasteiger charge is -2.18. The third kappa shape index (κ3) is 3.79. The first-order chi connectivity index (χ1) is 10.1. The van der Waals surface area contributed by atoms with Gasteiger partial charge in [0.15, 0.2) is 0 Å². The molecule has 5 heteroatoms. The molecule has 0 heterocycles. The van der Waals surface area contributed by atoms with Crippen molar-refractivity contribution in [3.05, 3.63) is 69.8 Å². The summed E-state index contributed by atoms with van der Waals surface area (Å²) in [6, 6.07) is 14.5. The normalized spacial score (nSPS) is 11.9. The van der Waals surface area contributed by atoms with Crippen LogP contribution >= 0.6 is 0 Å². The molecule has 0 fully saturated rings. The number of rotatable bonds is 6. The molecule has 0 aliphatic heterocycles. The Morgan fingerprint density at radius 3 is 2.71 bits per heavy atom. The maximum atomic E-state index is 10.8. The number of ether oxygens (including phenoxy) is 1. The van der Waals surface area contributed by atoms with Gasteiger partial charge in [0.2, 0.25) is 0 Å². The van der Waals surface area contributed by atoms with Gasteiger partial charge in [0.1, 0.15) is 0 Å². The van der Waals surface area contributed by atoms with Gasteiger partial charge in [-0.2, -0.15) is 0 Å². The van der Waals surface area contributed by atoms with Crippen LogP contribution in [0.4, 0.5) is 11.4 Å². The molecule has 0 saturated heterocycles. The summed E-state index contributed by atoms with van der Waals surface area (Å²) in [5.74, 6) is 0. The van der Waals surface area contributed by atoms with Gasteiger partial charge in [-0.15, -0.1) is 0 Å². The Balaban J connectivity index is 2.20. The van der Waals surface area contributed by atoms with Crippen LogP contribution in [0.25, 0.3) is 0 Å². The first-order valence-corrected chi connectivity index (χ1v) is 6.69. The van der Waals surface area contributed by atoms with Crippen molar-refractivity contribution >= 4 is 11.4 Å². The molecule has 1 atom stereocenters. The number of nitrogens with zero attached hydrogens (tertiary/aromatic N) is 1. The minimum atomic E-state index is -0.380. The lowest BCUT2D eigenvalue weighted by molar-refractivity contribution is -0.384. The van der Waals surface area contributed by atoms with Crippen LogP contribution in [0.5, 0.6) is 0 Å². The van der Waals surface area contributed by atoms with Gasteiger partial charge in [-0.3, -0.25) is 10.1 Å². The van der Waals surface area contributed by atoms with Gasteiger partial charge in [-0.05, 0) is 18.6 Å². The fourth-order valence-electron chi connectivity index (χ4n) is 2.17. The molecule has 0 bridgehead atoms. The van der Waals surface area contributed by atoms with Crippen molar-refractivity contribution in [1.29, 1.82) is 0 Å². The Morgan fingerprint density at radius 1 is 1.24 bits per heavy atom. The zero-order valence-corrected chi connectivity index (χ0v) is 12.1. The smallest absolute Gasteiger partial charge is 0.269 e. The Kier molecular flexibility index (Phi) is 4.90. The van der Waals surface area contributed by atoms with E-state index in [1.165, 1.54) is 6.07 Å². The van der Waals surface area contributed by atoms with Crippen LogP contribution in [-0.4, -0.2) is 12.0 Å². The fraction of sp³-hybridized carbons (Fsp3) is 0.250. The van der Waals surface area contributed by atoms with Crippen LogP contribution < -0.4 is 5.32 Å². The van der Waals surface area contributed by atoms with Crippen LogP contribution in [0.2, 0.25) is 0 Å². The number of methoxy groups -OCH3 is 1. The van der Waals surface area contributed by atoms with Crippen LogP contribution in [0.1, 0.15) is 24.1 Å². The van der Waals surface area contributed by atoms with Crippen LogP contribution in [0.3, 0.4) is 0 Å². The molecule has 2 aromatic rings. The maximum Gasteiger partial charge on any atom is 0.269 e. The molecule has 0 radical (unpaired) electrons. The first-order valence-electron chi connectivity index (χ1n) is 6.69. The van der Waals surface area contributed by atoms with Crippen molar-refractivity contribution in [1.82, 2.24) is 0 Å². The van der Waals surface area contributed by atoms with Crippen molar-refractivity contribution in [2.75, 3.05) is 12.4 Å². The van der Waals surface area contributed by atoms with Gasteiger partial charge in [0.25, 0.3) is 5.69 Å². The van der Waals surface area contributed by atoms with Crippen LogP contribution in [0, 0.1) is 10.1 Å². The molecule has 2 rings (SSSR count).